The van der Waals surface area contributed by atoms with E-state index < -0.39 is 9.84 Å². The maximum atomic E-state index is 12.2. The van der Waals surface area contributed by atoms with Crippen LogP contribution in [0.4, 0.5) is 0 Å². The zero-order valence-corrected chi connectivity index (χ0v) is 13.0. The van der Waals surface area contributed by atoms with E-state index in [9.17, 15) is 13.2 Å². The Labute approximate surface area is 125 Å². The SMILES string of the molecule is CCCS(=O)(=O)c1ccccc1C(=O)NCC1CCCO1. The van der Waals surface area contributed by atoms with Crippen molar-refractivity contribution < 1.29 is 17.9 Å². The fourth-order valence-corrected chi connectivity index (χ4v) is 3.95. The number of amides is 1. The fraction of sp³-hybridized carbons (Fsp3) is 0.533. The van der Waals surface area contributed by atoms with Gasteiger partial charge in [-0.2, -0.15) is 0 Å². The summed E-state index contributed by atoms with van der Waals surface area (Å²) in [7, 11) is -3.42. The van der Waals surface area contributed by atoms with Gasteiger partial charge in [-0.3, -0.25) is 4.79 Å². The van der Waals surface area contributed by atoms with Crippen LogP contribution in [0.2, 0.25) is 0 Å². The molecule has 1 amide bonds. The van der Waals surface area contributed by atoms with Crippen LogP contribution in [0.3, 0.4) is 0 Å². The van der Waals surface area contributed by atoms with Crippen LogP contribution in [0, 0.1) is 0 Å². The molecule has 116 valence electrons. The Balaban J connectivity index is 2.13. The first kappa shape index (κ1) is 16.0. The molecule has 0 radical (unpaired) electrons. The molecule has 1 aromatic carbocycles. The van der Waals surface area contributed by atoms with Crippen LogP contribution in [0.1, 0.15) is 36.5 Å². The lowest BCUT2D eigenvalue weighted by molar-refractivity contribution is 0.0855. The first-order chi connectivity index (χ1) is 10.0. The summed E-state index contributed by atoms with van der Waals surface area (Å²) in [4.78, 5) is 12.4. The highest BCUT2D eigenvalue weighted by Crippen LogP contribution is 2.18. The summed E-state index contributed by atoms with van der Waals surface area (Å²) in [5.41, 5.74) is 0.212. The number of hydrogen-bond acceptors (Lipinski definition) is 4. The zero-order valence-electron chi connectivity index (χ0n) is 12.2. The maximum absolute atomic E-state index is 12.2. The molecule has 1 aliphatic rings. The molecule has 1 heterocycles. The van der Waals surface area contributed by atoms with Gasteiger partial charge < -0.3 is 10.1 Å². The van der Waals surface area contributed by atoms with Crippen molar-refractivity contribution >= 4 is 15.7 Å². The van der Waals surface area contributed by atoms with E-state index in [0.29, 0.717) is 13.0 Å². The van der Waals surface area contributed by atoms with Crippen molar-refractivity contribution in [1.82, 2.24) is 5.32 Å². The Morgan fingerprint density at radius 1 is 1.38 bits per heavy atom. The summed E-state index contributed by atoms with van der Waals surface area (Å²) in [6.45, 7) is 2.95. The minimum absolute atomic E-state index is 0.0355. The molecule has 0 aliphatic carbocycles. The van der Waals surface area contributed by atoms with E-state index in [1.165, 1.54) is 6.07 Å². The van der Waals surface area contributed by atoms with Gasteiger partial charge in [0.05, 0.1) is 22.3 Å². The summed E-state index contributed by atoms with van der Waals surface area (Å²) >= 11 is 0. The number of benzene rings is 1. The Hall–Kier alpha value is -1.40. The summed E-state index contributed by atoms with van der Waals surface area (Å²) in [6, 6.07) is 6.35. The van der Waals surface area contributed by atoms with Gasteiger partial charge in [0.25, 0.3) is 5.91 Å². The summed E-state index contributed by atoms with van der Waals surface area (Å²) < 4.78 is 29.9. The third-order valence-electron chi connectivity index (χ3n) is 3.45. The molecule has 21 heavy (non-hydrogen) atoms. The van der Waals surface area contributed by atoms with E-state index in [0.717, 1.165) is 19.4 Å². The third-order valence-corrected chi connectivity index (χ3v) is 5.43. The second-order valence-corrected chi connectivity index (χ2v) is 7.24. The van der Waals surface area contributed by atoms with Crippen LogP contribution in [-0.4, -0.2) is 39.3 Å². The Morgan fingerprint density at radius 2 is 2.14 bits per heavy atom. The topological polar surface area (TPSA) is 72.5 Å². The zero-order chi connectivity index (χ0) is 15.3. The van der Waals surface area contributed by atoms with Crippen molar-refractivity contribution in [2.75, 3.05) is 18.9 Å². The Kier molecular flexibility index (Phi) is 5.36. The normalized spacial score (nSPS) is 18.6. The van der Waals surface area contributed by atoms with Crippen molar-refractivity contribution in [3.63, 3.8) is 0 Å². The van der Waals surface area contributed by atoms with Crippen molar-refractivity contribution in [3.8, 4) is 0 Å². The predicted octanol–water partition coefficient (Wildman–Crippen LogP) is 1.78. The summed E-state index contributed by atoms with van der Waals surface area (Å²) in [6.07, 6.45) is 2.49. The van der Waals surface area contributed by atoms with Crippen LogP contribution in [0.25, 0.3) is 0 Å². The molecule has 0 bridgehead atoms. The second kappa shape index (κ2) is 7.04. The number of carbonyl (C=O) groups excluding carboxylic acids is 1. The average Bonchev–Trinajstić information content (AvgIpc) is 2.98. The molecule has 5 nitrogen and oxygen atoms in total. The molecule has 0 spiro atoms. The molecule has 1 aromatic rings. The number of nitrogens with one attached hydrogen (secondary N) is 1. The number of hydrogen-bond donors (Lipinski definition) is 1. The lowest BCUT2D eigenvalue weighted by Gasteiger charge is -2.13. The van der Waals surface area contributed by atoms with Crippen LogP contribution in [0.15, 0.2) is 29.2 Å². The van der Waals surface area contributed by atoms with Gasteiger partial charge in [-0.1, -0.05) is 19.1 Å². The highest BCUT2D eigenvalue weighted by atomic mass is 32.2. The monoisotopic (exact) mass is 311 g/mol. The maximum Gasteiger partial charge on any atom is 0.252 e. The molecule has 0 saturated carbocycles. The quantitative estimate of drug-likeness (QED) is 0.869. The highest BCUT2D eigenvalue weighted by molar-refractivity contribution is 7.91. The lowest BCUT2D eigenvalue weighted by Crippen LogP contribution is -2.32. The van der Waals surface area contributed by atoms with Crippen LogP contribution < -0.4 is 5.32 Å². The van der Waals surface area contributed by atoms with E-state index in [1.807, 2.05) is 0 Å². The first-order valence-electron chi connectivity index (χ1n) is 7.26. The van der Waals surface area contributed by atoms with Gasteiger partial charge >= 0.3 is 0 Å². The fourth-order valence-electron chi connectivity index (χ4n) is 2.41. The van der Waals surface area contributed by atoms with Gasteiger partial charge in [-0.05, 0) is 31.4 Å². The molecule has 1 aliphatic heterocycles. The molecular weight excluding hydrogens is 290 g/mol. The predicted molar refractivity (Wildman–Crippen MR) is 80.1 cm³/mol. The molecule has 6 heteroatoms. The van der Waals surface area contributed by atoms with E-state index in [-0.39, 0.29) is 28.2 Å². The van der Waals surface area contributed by atoms with E-state index >= 15 is 0 Å². The van der Waals surface area contributed by atoms with Crippen LogP contribution in [0.5, 0.6) is 0 Å². The molecular formula is C15H21NO4S. The lowest BCUT2D eigenvalue weighted by atomic mass is 10.2. The summed E-state index contributed by atoms with van der Waals surface area (Å²) in [5.74, 6) is -0.316. The van der Waals surface area contributed by atoms with Crippen LogP contribution in [-0.2, 0) is 14.6 Å². The van der Waals surface area contributed by atoms with Gasteiger partial charge in [0.1, 0.15) is 0 Å². The largest absolute Gasteiger partial charge is 0.376 e. The van der Waals surface area contributed by atoms with Gasteiger partial charge in [-0.15, -0.1) is 0 Å². The van der Waals surface area contributed by atoms with Crippen molar-refractivity contribution in [3.05, 3.63) is 29.8 Å². The van der Waals surface area contributed by atoms with Crippen molar-refractivity contribution in [2.24, 2.45) is 0 Å². The Bertz CT molecular complexity index is 591. The third kappa shape index (κ3) is 4.04. The number of rotatable bonds is 6. The van der Waals surface area contributed by atoms with Crippen LogP contribution >= 0.6 is 0 Å². The molecule has 2 rings (SSSR count). The van der Waals surface area contributed by atoms with Crippen molar-refractivity contribution in [2.45, 2.75) is 37.2 Å². The minimum atomic E-state index is -3.42. The van der Waals surface area contributed by atoms with Gasteiger partial charge in [0.15, 0.2) is 9.84 Å². The van der Waals surface area contributed by atoms with E-state index in [4.69, 9.17) is 4.74 Å². The molecule has 1 N–H and O–H groups in total. The molecule has 1 fully saturated rings. The molecule has 1 atom stereocenters. The molecule has 1 unspecified atom stereocenters. The standard InChI is InChI=1S/C15H21NO4S/c1-2-10-21(18,19)14-8-4-3-7-13(14)15(17)16-11-12-6-5-9-20-12/h3-4,7-8,12H,2,5-6,9-11H2,1H3,(H,16,17). The van der Waals surface area contributed by atoms with Crippen molar-refractivity contribution in [1.29, 1.82) is 0 Å². The van der Waals surface area contributed by atoms with E-state index in [1.54, 1.807) is 25.1 Å². The Morgan fingerprint density at radius 3 is 2.81 bits per heavy atom. The average molecular weight is 311 g/mol. The molecule has 1 saturated heterocycles. The van der Waals surface area contributed by atoms with Gasteiger partial charge in [-0.25, -0.2) is 8.42 Å². The number of sulfone groups is 1. The first-order valence-corrected chi connectivity index (χ1v) is 8.91. The van der Waals surface area contributed by atoms with Gasteiger partial charge in [0.2, 0.25) is 0 Å². The second-order valence-electron chi connectivity index (χ2n) is 5.16. The minimum Gasteiger partial charge on any atom is -0.376 e. The van der Waals surface area contributed by atoms with E-state index in [2.05, 4.69) is 5.32 Å². The van der Waals surface area contributed by atoms with Gasteiger partial charge in [0, 0.05) is 13.2 Å². The number of ether oxygens (including phenoxy) is 1. The summed E-state index contributed by atoms with van der Waals surface area (Å²) in [5, 5.41) is 2.77. The molecule has 0 aromatic heterocycles. The number of carbonyl (C=O) groups is 1. The highest BCUT2D eigenvalue weighted by Gasteiger charge is 2.22. The smallest absolute Gasteiger partial charge is 0.252 e.